The third kappa shape index (κ3) is 9.94. The Morgan fingerprint density at radius 1 is 1.03 bits per heavy atom. The molecule has 0 aromatic carbocycles. The summed E-state index contributed by atoms with van der Waals surface area (Å²) < 4.78 is 23.0. The molecule has 2 rings (SSSR count). The van der Waals surface area contributed by atoms with Gasteiger partial charge in [0.2, 0.25) is 11.8 Å². The number of hydrogen-bond donors (Lipinski definition) is 3. The van der Waals surface area contributed by atoms with Crippen LogP contribution in [0.4, 0.5) is 0 Å². The van der Waals surface area contributed by atoms with Gasteiger partial charge in [-0.2, -0.15) is 0 Å². The minimum absolute atomic E-state index is 0.0200. The van der Waals surface area contributed by atoms with E-state index in [1.165, 1.54) is 11.8 Å². The first-order valence-electron chi connectivity index (χ1n) is 13.6. The number of amides is 3. The Morgan fingerprint density at radius 3 is 2.30 bits per heavy atom. The molecule has 1 aliphatic carbocycles. The summed E-state index contributed by atoms with van der Waals surface area (Å²) in [5.74, 6) is -2.02. The number of carbonyl (C=O) groups is 4. The SMILES string of the molecule is CCCCC(CO[P+](=O)O[C@@H](C)C(=O)N1CCC[C@H]1C(=O)O)NC(=O)C(CCCC)NC(=O)C1CCC1. The highest BCUT2D eigenvalue weighted by molar-refractivity contribution is 7.33. The lowest BCUT2D eigenvalue weighted by Gasteiger charge is -2.28. The van der Waals surface area contributed by atoms with Gasteiger partial charge in [-0.05, 0) is 45.4 Å². The summed E-state index contributed by atoms with van der Waals surface area (Å²) >= 11 is 0. The average Bonchev–Trinajstić information content (AvgIpc) is 3.32. The number of aliphatic carboxylic acids is 1. The molecule has 0 aromatic heterocycles. The first kappa shape index (κ1) is 31.1. The smallest absolute Gasteiger partial charge is 0.480 e. The summed E-state index contributed by atoms with van der Waals surface area (Å²) in [6.45, 7) is 5.68. The molecule has 12 heteroatoms. The summed E-state index contributed by atoms with van der Waals surface area (Å²) in [4.78, 5) is 50.7. The van der Waals surface area contributed by atoms with Gasteiger partial charge in [-0.25, -0.2) is 4.79 Å². The van der Waals surface area contributed by atoms with Crippen LogP contribution in [-0.2, 0) is 32.8 Å². The van der Waals surface area contributed by atoms with Crippen molar-refractivity contribution in [2.45, 2.75) is 116 Å². The van der Waals surface area contributed by atoms with Crippen molar-refractivity contribution in [3.8, 4) is 0 Å². The maximum atomic E-state index is 13.0. The van der Waals surface area contributed by atoms with Crippen molar-refractivity contribution in [3.63, 3.8) is 0 Å². The van der Waals surface area contributed by atoms with Gasteiger partial charge in [-0.1, -0.05) is 46.0 Å². The molecule has 3 N–H and O–H groups in total. The summed E-state index contributed by atoms with van der Waals surface area (Å²) in [6.07, 6.45) is 7.06. The first-order chi connectivity index (χ1) is 17.7. The van der Waals surface area contributed by atoms with Crippen LogP contribution in [0.1, 0.15) is 91.4 Å². The number of likely N-dealkylation sites (tertiary alicyclic amines) is 1. The van der Waals surface area contributed by atoms with Crippen molar-refractivity contribution < 1.29 is 37.9 Å². The maximum absolute atomic E-state index is 13.0. The second-order valence-electron chi connectivity index (χ2n) is 9.97. The molecule has 1 saturated carbocycles. The van der Waals surface area contributed by atoms with Crippen LogP contribution in [-0.4, -0.2) is 71.1 Å². The zero-order valence-electron chi connectivity index (χ0n) is 22.3. The Kier molecular flexibility index (Phi) is 13.5. The highest BCUT2D eigenvalue weighted by Gasteiger charge is 2.40. The Morgan fingerprint density at radius 2 is 1.70 bits per heavy atom. The van der Waals surface area contributed by atoms with E-state index in [1.54, 1.807) is 0 Å². The predicted octanol–water partition coefficient (Wildman–Crippen LogP) is 3.29. The zero-order chi connectivity index (χ0) is 27.4. The van der Waals surface area contributed by atoms with Crippen molar-refractivity contribution in [2.75, 3.05) is 13.2 Å². The number of unbranched alkanes of at least 4 members (excludes halogenated alkanes) is 2. The van der Waals surface area contributed by atoms with E-state index in [1.807, 2.05) is 13.8 Å². The van der Waals surface area contributed by atoms with Crippen LogP contribution in [0.15, 0.2) is 0 Å². The predicted molar refractivity (Wildman–Crippen MR) is 137 cm³/mol. The van der Waals surface area contributed by atoms with Crippen LogP contribution in [0.3, 0.4) is 0 Å². The molecule has 11 nitrogen and oxygen atoms in total. The van der Waals surface area contributed by atoms with E-state index >= 15 is 0 Å². The molecule has 0 aromatic rings. The van der Waals surface area contributed by atoms with Crippen LogP contribution in [0, 0.1) is 5.92 Å². The van der Waals surface area contributed by atoms with E-state index in [-0.39, 0.29) is 24.3 Å². The standard InChI is InChI=1S/C25H42N3O8P/c1-4-6-12-19(26-23(30)20(13-7-5-2)27-22(29)18-10-8-11-18)16-35-37(34)36-17(3)24(31)28-15-9-14-21(28)25(32)33/h17-21H,4-16H2,1-3H3,(H2-,26,27,29,30,32,33)/p+1/t17-,19?,20?,21-/m0/s1. The maximum Gasteiger partial charge on any atom is 0.698 e. The number of rotatable bonds is 17. The molecule has 2 fully saturated rings. The Hall–Kier alpha value is -2.10. The molecule has 1 aliphatic heterocycles. The Balaban J connectivity index is 1.89. The van der Waals surface area contributed by atoms with Crippen LogP contribution in [0.25, 0.3) is 0 Å². The number of nitrogens with one attached hydrogen (secondary N) is 2. The minimum atomic E-state index is -2.68. The van der Waals surface area contributed by atoms with Gasteiger partial charge in [0.1, 0.15) is 18.7 Å². The van der Waals surface area contributed by atoms with Gasteiger partial charge in [0.05, 0.1) is 6.04 Å². The normalized spacial score (nSPS) is 20.5. The van der Waals surface area contributed by atoms with E-state index in [0.717, 1.165) is 44.9 Å². The summed E-state index contributed by atoms with van der Waals surface area (Å²) in [5.41, 5.74) is 0. The fraction of sp³-hybridized carbons (Fsp3) is 0.840. The van der Waals surface area contributed by atoms with Crippen LogP contribution in [0.5, 0.6) is 0 Å². The molecule has 3 unspecified atom stereocenters. The lowest BCUT2D eigenvalue weighted by Crippen LogP contribution is -2.52. The summed E-state index contributed by atoms with van der Waals surface area (Å²) in [5, 5.41) is 15.1. The van der Waals surface area contributed by atoms with Gasteiger partial charge in [-0.3, -0.25) is 14.4 Å². The third-order valence-corrected chi connectivity index (χ3v) is 7.85. The van der Waals surface area contributed by atoms with E-state index in [9.17, 15) is 28.8 Å². The highest BCUT2D eigenvalue weighted by Crippen LogP contribution is 2.29. The molecule has 1 saturated heterocycles. The van der Waals surface area contributed by atoms with Crippen LogP contribution < -0.4 is 10.6 Å². The van der Waals surface area contributed by atoms with Crippen molar-refractivity contribution in [1.82, 2.24) is 15.5 Å². The quantitative estimate of drug-likeness (QED) is 0.236. The fourth-order valence-corrected chi connectivity index (χ4v) is 5.17. The molecule has 0 bridgehead atoms. The molecule has 1 heterocycles. The molecule has 3 amide bonds. The average molecular weight is 545 g/mol. The van der Waals surface area contributed by atoms with Crippen molar-refractivity contribution >= 4 is 31.9 Å². The largest absolute Gasteiger partial charge is 0.698 e. The lowest BCUT2D eigenvalue weighted by molar-refractivity contribution is -0.151. The van der Waals surface area contributed by atoms with Crippen molar-refractivity contribution in [3.05, 3.63) is 0 Å². The Bertz CT molecular complexity index is 807. The van der Waals surface area contributed by atoms with Gasteiger partial charge < -0.3 is 20.6 Å². The van der Waals surface area contributed by atoms with Crippen molar-refractivity contribution in [1.29, 1.82) is 0 Å². The number of nitrogens with zero attached hydrogens (tertiary/aromatic N) is 1. The molecular weight excluding hydrogens is 501 g/mol. The molecule has 5 atom stereocenters. The van der Waals surface area contributed by atoms with Crippen LogP contribution >= 0.6 is 8.25 Å². The number of carboxylic acid groups (broad SMARTS) is 1. The molecule has 2 aliphatic rings. The van der Waals surface area contributed by atoms with E-state index in [4.69, 9.17) is 9.05 Å². The molecule has 0 radical (unpaired) electrons. The van der Waals surface area contributed by atoms with E-state index in [2.05, 4.69) is 10.6 Å². The molecule has 0 spiro atoms. The van der Waals surface area contributed by atoms with Gasteiger partial charge in [-0.15, -0.1) is 9.05 Å². The number of hydrogen-bond acceptors (Lipinski definition) is 7. The number of carbonyl (C=O) groups excluding carboxylic acids is 3. The van der Waals surface area contributed by atoms with E-state index < -0.39 is 44.4 Å². The van der Waals surface area contributed by atoms with Crippen LogP contribution in [0.2, 0.25) is 0 Å². The monoisotopic (exact) mass is 544 g/mol. The van der Waals surface area contributed by atoms with Gasteiger partial charge in [0.15, 0.2) is 6.10 Å². The lowest BCUT2D eigenvalue weighted by atomic mass is 9.84. The second kappa shape index (κ2) is 16.0. The highest BCUT2D eigenvalue weighted by atomic mass is 31.1. The van der Waals surface area contributed by atoms with Gasteiger partial charge in [0, 0.05) is 17.0 Å². The summed E-state index contributed by atoms with van der Waals surface area (Å²) in [6, 6.07) is -1.99. The molecule has 37 heavy (non-hydrogen) atoms. The minimum Gasteiger partial charge on any atom is -0.480 e. The fourth-order valence-electron chi connectivity index (χ4n) is 4.46. The second-order valence-corrected chi connectivity index (χ2v) is 10.9. The third-order valence-electron chi connectivity index (χ3n) is 7.00. The topological polar surface area (TPSA) is 151 Å². The van der Waals surface area contributed by atoms with E-state index in [0.29, 0.717) is 32.2 Å². The molecule has 210 valence electrons. The van der Waals surface area contributed by atoms with Crippen molar-refractivity contribution in [2.24, 2.45) is 5.92 Å². The first-order valence-corrected chi connectivity index (χ1v) is 14.7. The Labute approximate surface area is 220 Å². The number of carboxylic acids is 1. The molecular formula is C25H43N3O8P+. The zero-order valence-corrected chi connectivity index (χ0v) is 23.2. The summed E-state index contributed by atoms with van der Waals surface area (Å²) in [7, 11) is -2.68. The van der Waals surface area contributed by atoms with Gasteiger partial charge in [0.25, 0.3) is 5.91 Å². The van der Waals surface area contributed by atoms with Gasteiger partial charge >= 0.3 is 14.2 Å².